The van der Waals surface area contributed by atoms with E-state index in [2.05, 4.69) is 0 Å². The van der Waals surface area contributed by atoms with Crippen molar-refractivity contribution in [1.82, 2.24) is 0 Å². The van der Waals surface area contributed by atoms with Crippen LogP contribution in [-0.2, 0) is 10.0 Å². The molecule has 0 fully saturated rings. The third-order valence-electron chi connectivity index (χ3n) is 3.33. The molecule has 2 aromatic carbocycles. The van der Waals surface area contributed by atoms with Crippen LogP contribution >= 0.6 is 0 Å². The minimum absolute atomic E-state index is 0.113. The molecule has 0 aliphatic heterocycles. The van der Waals surface area contributed by atoms with Crippen molar-refractivity contribution < 1.29 is 8.42 Å². The molecule has 21 heavy (non-hydrogen) atoms. The predicted octanol–water partition coefficient (Wildman–Crippen LogP) is 2.92. The second kappa shape index (κ2) is 6.28. The third-order valence-corrected chi connectivity index (χ3v) is 5.24. The minimum atomic E-state index is -3.55. The Morgan fingerprint density at radius 2 is 1.62 bits per heavy atom. The summed E-state index contributed by atoms with van der Waals surface area (Å²) in [6, 6.07) is 15.7. The zero-order valence-electron chi connectivity index (χ0n) is 12.2. The van der Waals surface area contributed by atoms with Crippen molar-refractivity contribution in [3.8, 4) is 0 Å². The number of rotatable bonds is 5. The fraction of sp³-hybridized carbons (Fsp3) is 0.250. The van der Waals surface area contributed by atoms with Crippen LogP contribution in [0, 0.1) is 0 Å². The maximum absolute atomic E-state index is 12.7. The molecule has 0 aliphatic carbocycles. The topological polar surface area (TPSA) is 63.4 Å². The molecule has 0 aliphatic rings. The van der Waals surface area contributed by atoms with Gasteiger partial charge in [-0.1, -0.05) is 30.3 Å². The Balaban J connectivity index is 2.40. The van der Waals surface area contributed by atoms with Crippen LogP contribution in [0.2, 0.25) is 0 Å². The highest BCUT2D eigenvalue weighted by molar-refractivity contribution is 7.92. The van der Waals surface area contributed by atoms with Gasteiger partial charge in [-0.05, 0) is 43.7 Å². The number of para-hydroxylation sites is 1. The van der Waals surface area contributed by atoms with Crippen molar-refractivity contribution in [2.45, 2.75) is 24.8 Å². The molecule has 2 N–H and O–H groups in total. The van der Waals surface area contributed by atoms with Crippen LogP contribution in [0.5, 0.6) is 0 Å². The Bertz CT molecular complexity index is 680. The van der Waals surface area contributed by atoms with Gasteiger partial charge in [0.2, 0.25) is 0 Å². The van der Waals surface area contributed by atoms with Crippen molar-refractivity contribution in [3.05, 3.63) is 60.2 Å². The Morgan fingerprint density at radius 1 is 1.05 bits per heavy atom. The molecule has 2 aromatic rings. The largest absolute Gasteiger partial charge is 0.324 e. The Kier molecular flexibility index (Phi) is 4.65. The van der Waals surface area contributed by atoms with Gasteiger partial charge < -0.3 is 5.73 Å². The van der Waals surface area contributed by atoms with Gasteiger partial charge in [0.15, 0.2) is 0 Å². The van der Waals surface area contributed by atoms with E-state index in [9.17, 15) is 8.42 Å². The molecule has 0 saturated heterocycles. The second-order valence-corrected chi connectivity index (χ2v) is 6.73. The first kappa shape index (κ1) is 15.5. The summed E-state index contributed by atoms with van der Waals surface area (Å²) in [5, 5.41) is 0. The molecular weight excluding hydrogens is 284 g/mol. The van der Waals surface area contributed by atoms with Gasteiger partial charge in [-0.15, -0.1) is 0 Å². The van der Waals surface area contributed by atoms with Crippen molar-refractivity contribution in [2.24, 2.45) is 5.73 Å². The Morgan fingerprint density at radius 3 is 2.10 bits per heavy atom. The average molecular weight is 304 g/mol. The monoisotopic (exact) mass is 304 g/mol. The van der Waals surface area contributed by atoms with Gasteiger partial charge in [-0.25, -0.2) is 8.42 Å². The lowest BCUT2D eigenvalue weighted by Gasteiger charge is -2.23. The standard InChI is InChI=1S/C16H20N2O2S/c1-3-18(15-7-5-4-6-8-15)21(19,20)16-11-9-14(10-12-16)13(2)17/h4-13H,3,17H2,1-2H3. The van der Waals surface area contributed by atoms with Crippen molar-refractivity contribution in [3.63, 3.8) is 0 Å². The molecule has 0 spiro atoms. The normalized spacial score (nSPS) is 12.9. The molecule has 0 saturated carbocycles. The number of hydrogen-bond donors (Lipinski definition) is 1. The summed E-state index contributed by atoms with van der Waals surface area (Å²) < 4.78 is 26.9. The van der Waals surface area contributed by atoms with Crippen molar-refractivity contribution >= 4 is 15.7 Å². The van der Waals surface area contributed by atoms with Gasteiger partial charge in [0.1, 0.15) is 0 Å². The summed E-state index contributed by atoms with van der Waals surface area (Å²) in [4.78, 5) is 0.276. The van der Waals surface area contributed by atoms with E-state index >= 15 is 0 Å². The molecule has 1 atom stereocenters. The third kappa shape index (κ3) is 3.25. The maximum Gasteiger partial charge on any atom is 0.264 e. The van der Waals surface area contributed by atoms with Crippen LogP contribution in [0.4, 0.5) is 5.69 Å². The minimum Gasteiger partial charge on any atom is -0.324 e. The molecule has 2 rings (SSSR count). The summed E-state index contributed by atoms with van der Waals surface area (Å²) in [6.45, 7) is 4.06. The van der Waals surface area contributed by atoms with Gasteiger partial charge in [0, 0.05) is 12.6 Å². The van der Waals surface area contributed by atoms with Gasteiger partial charge in [0.25, 0.3) is 10.0 Å². The highest BCUT2D eigenvalue weighted by atomic mass is 32.2. The van der Waals surface area contributed by atoms with Crippen LogP contribution in [0.15, 0.2) is 59.5 Å². The zero-order chi connectivity index (χ0) is 15.5. The van der Waals surface area contributed by atoms with Gasteiger partial charge in [-0.2, -0.15) is 0 Å². The van der Waals surface area contributed by atoms with Crippen molar-refractivity contribution in [2.75, 3.05) is 10.8 Å². The molecule has 0 amide bonds. The quantitative estimate of drug-likeness (QED) is 0.923. The van der Waals surface area contributed by atoms with Crippen LogP contribution < -0.4 is 10.0 Å². The van der Waals surface area contributed by atoms with Crippen LogP contribution in [-0.4, -0.2) is 15.0 Å². The van der Waals surface area contributed by atoms with Crippen LogP contribution in [0.3, 0.4) is 0 Å². The van der Waals surface area contributed by atoms with E-state index in [1.807, 2.05) is 32.0 Å². The van der Waals surface area contributed by atoms with E-state index in [1.165, 1.54) is 4.31 Å². The number of anilines is 1. The van der Waals surface area contributed by atoms with Crippen LogP contribution in [0.25, 0.3) is 0 Å². The SMILES string of the molecule is CCN(c1ccccc1)S(=O)(=O)c1ccc(C(C)N)cc1. The lowest BCUT2D eigenvalue weighted by Crippen LogP contribution is -2.30. The van der Waals surface area contributed by atoms with Crippen molar-refractivity contribution in [1.29, 1.82) is 0 Å². The molecule has 4 nitrogen and oxygen atoms in total. The lowest BCUT2D eigenvalue weighted by atomic mass is 10.1. The molecule has 0 bridgehead atoms. The Hall–Kier alpha value is -1.85. The summed E-state index contributed by atoms with van der Waals surface area (Å²) in [6.07, 6.45) is 0. The first-order chi connectivity index (χ1) is 9.96. The number of benzene rings is 2. The number of hydrogen-bond acceptors (Lipinski definition) is 3. The molecule has 0 aromatic heterocycles. The Labute approximate surface area is 126 Å². The van der Waals surface area contributed by atoms with E-state index in [0.717, 1.165) is 5.56 Å². The second-order valence-electron chi connectivity index (χ2n) is 4.86. The number of nitrogens with zero attached hydrogens (tertiary/aromatic N) is 1. The molecule has 0 heterocycles. The highest BCUT2D eigenvalue weighted by Gasteiger charge is 2.23. The highest BCUT2D eigenvalue weighted by Crippen LogP contribution is 2.24. The lowest BCUT2D eigenvalue weighted by molar-refractivity contribution is 0.591. The van der Waals surface area contributed by atoms with Gasteiger partial charge in [-0.3, -0.25) is 4.31 Å². The summed E-state index contributed by atoms with van der Waals surface area (Å²) in [5.41, 5.74) is 7.37. The molecule has 0 radical (unpaired) electrons. The molecule has 5 heteroatoms. The van der Waals surface area contributed by atoms with Gasteiger partial charge >= 0.3 is 0 Å². The summed E-state index contributed by atoms with van der Waals surface area (Å²) in [5.74, 6) is 0. The van der Waals surface area contributed by atoms with Crippen LogP contribution in [0.1, 0.15) is 25.5 Å². The first-order valence-corrected chi connectivity index (χ1v) is 8.34. The fourth-order valence-corrected chi connectivity index (χ4v) is 3.63. The zero-order valence-corrected chi connectivity index (χ0v) is 13.0. The number of nitrogens with two attached hydrogens (primary N) is 1. The van der Waals surface area contributed by atoms with E-state index in [4.69, 9.17) is 5.73 Å². The van der Waals surface area contributed by atoms with E-state index in [-0.39, 0.29) is 10.9 Å². The summed E-state index contributed by atoms with van der Waals surface area (Å²) >= 11 is 0. The number of sulfonamides is 1. The van der Waals surface area contributed by atoms with Gasteiger partial charge in [0.05, 0.1) is 10.6 Å². The first-order valence-electron chi connectivity index (χ1n) is 6.90. The maximum atomic E-state index is 12.7. The van der Waals surface area contributed by atoms with E-state index in [1.54, 1.807) is 36.4 Å². The fourth-order valence-electron chi connectivity index (χ4n) is 2.16. The average Bonchev–Trinajstić information content (AvgIpc) is 2.49. The predicted molar refractivity (Wildman–Crippen MR) is 85.7 cm³/mol. The molecule has 1 unspecified atom stereocenters. The molecule has 112 valence electrons. The van der Waals surface area contributed by atoms with E-state index in [0.29, 0.717) is 12.2 Å². The smallest absolute Gasteiger partial charge is 0.264 e. The van der Waals surface area contributed by atoms with E-state index < -0.39 is 10.0 Å². The summed E-state index contributed by atoms with van der Waals surface area (Å²) in [7, 11) is -3.55. The molecular formula is C16H20N2O2S.